The number of esters is 2. The first-order chi connectivity index (χ1) is 31.1. The minimum Gasteiger partial charge on any atom is -0.496 e. The van der Waals surface area contributed by atoms with Gasteiger partial charge in [0.25, 0.3) is 5.91 Å². The molecule has 14 nitrogen and oxygen atoms in total. The number of methoxy groups -OCH3 is 2. The molecule has 65 heavy (non-hydrogen) atoms. The zero-order valence-electron chi connectivity index (χ0n) is 39.4. The van der Waals surface area contributed by atoms with Gasteiger partial charge in [0.05, 0.1) is 32.5 Å². The molecule has 5 N–H and O–H groups in total. The lowest BCUT2D eigenvalue weighted by Gasteiger charge is -2.63. The molecule has 12 atom stereocenters. The number of aliphatic hydroxyl groups excluding tert-OH is 1. The fraction of sp³-hybridized carbons (Fsp3) is 0.627. The summed E-state index contributed by atoms with van der Waals surface area (Å²) >= 11 is 0. The molecule has 14 heteroatoms. The number of H-pyrrole nitrogens is 1. The lowest BCUT2D eigenvalue weighted by molar-refractivity contribution is -0.204. The van der Waals surface area contributed by atoms with Crippen LogP contribution < -0.4 is 15.0 Å². The average Bonchev–Trinajstić information content (AvgIpc) is 3.97. The molecule has 6 heterocycles. The topological polar surface area (TPSA) is 177 Å². The molecular formula is C51H69N5O9. The van der Waals surface area contributed by atoms with Crippen LogP contribution in [0, 0.1) is 17.3 Å². The molecule has 1 saturated carbocycles. The normalized spacial score (nSPS) is 35.7. The van der Waals surface area contributed by atoms with Crippen LogP contribution in [-0.2, 0) is 41.1 Å². The molecule has 1 aromatic heterocycles. The fourth-order valence-corrected chi connectivity index (χ4v) is 14.2. The van der Waals surface area contributed by atoms with Crippen LogP contribution in [0.3, 0.4) is 0 Å². The van der Waals surface area contributed by atoms with Gasteiger partial charge in [0, 0.05) is 84.0 Å². The number of anilines is 1. The maximum absolute atomic E-state index is 15.5. The number of likely N-dealkylation sites (N-methyl/N-ethyl adjacent to an activating group) is 1. The van der Waals surface area contributed by atoms with Crippen molar-refractivity contribution in [3.8, 4) is 5.75 Å². The van der Waals surface area contributed by atoms with Crippen molar-refractivity contribution in [2.75, 3.05) is 65.5 Å². The molecule has 1 amide bonds. The first kappa shape index (κ1) is 45.7. The first-order valence-corrected chi connectivity index (χ1v) is 24.0. The van der Waals surface area contributed by atoms with E-state index in [0.717, 1.165) is 27.7 Å². The third-order valence-electron chi connectivity index (χ3n) is 17.2. The second-order valence-corrected chi connectivity index (χ2v) is 20.2. The van der Waals surface area contributed by atoms with Gasteiger partial charge < -0.3 is 44.7 Å². The smallest absolute Gasteiger partial charge is 0.328 e. The van der Waals surface area contributed by atoms with Gasteiger partial charge in [0.15, 0.2) is 5.60 Å². The van der Waals surface area contributed by atoms with Crippen LogP contribution in [0.4, 0.5) is 5.69 Å². The number of amides is 1. The molecular weight excluding hydrogens is 827 g/mol. The molecule has 1 aliphatic carbocycles. The summed E-state index contributed by atoms with van der Waals surface area (Å²) in [5.41, 5.74) is -2.10. The molecule has 352 valence electrons. The highest BCUT2D eigenvalue weighted by molar-refractivity contribution is 5.96. The maximum atomic E-state index is 15.5. The van der Waals surface area contributed by atoms with Crippen molar-refractivity contribution in [2.24, 2.45) is 17.3 Å². The molecule has 1 unspecified atom stereocenters. The van der Waals surface area contributed by atoms with Crippen molar-refractivity contribution in [1.82, 2.24) is 20.1 Å². The average molecular weight is 896 g/mol. The lowest BCUT2D eigenvalue weighted by Crippen LogP contribution is -2.82. The van der Waals surface area contributed by atoms with E-state index in [4.69, 9.17) is 14.2 Å². The van der Waals surface area contributed by atoms with Gasteiger partial charge in [-0.2, -0.15) is 0 Å². The Morgan fingerprint density at radius 1 is 1.00 bits per heavy atom. The molecule has 2 saturated heterocycles. The molecule has 2 bridgehead atoms. The summed E-state index contributed by atoms with van der Waals surface area (Å²) < 4.78 is 17.9. The minimum absolute atomic E-state index is 0.119. The Hall–Kier alpha value is -4.47. The Morgan fingerprint density at radius 2 is 1.77 bits per heavy atom. The number of carbonyl (C=O) groups is 3. The van der Waals surface area contributed by atoms with Gasteiger partial charge in [-0.3, -0.25) is 19.4 Å². The van der Waals surface area contributed by atoms with Crippen LogP contribution >= 0.6 is 0 Å². The highest BCUT2D eigenvalue weighted by Gasteiger charge is 2.79. The van der Waals surface area contributed by atoms with Gasteiger partial charge >= 0.3 is 11.9 Å². The van der Waals surface area contributed by atoms with Crippen molar-refractivity contribution >= 4 is 34.4 Å². The highest BCUT2D eigenvalue weighted by Crippen LogP contribution is 2.67. The van der Waals surface area contributed by atoms with E-state index in [2.05, 4.69) is 32.2 Å². The number of ether oxygens (including phenoxy) is 3. The molecule has 9 rings (SSSR count). The van der Waals surface area contributed by atoms with Crippen molar-refractivity contribution in [2.45, 2.75) is 126 Å². The number of hydrogen-bond donors (Lipinski definition) is 5. The van der Waals surface area contributed by atoms with E-state index < -0.39 is 63.5 Å². The maximum Gasteiger partial charge on any atom is 0.328 e. The van der Waals surface area contributed by atoms with E-state index in [1.165, 1.54) is 7.11 Å². The summed E-state index contributed by atoms with van der Waals surface area (Å²) in [4.78, 5) is 54.7. The van der Waals surface area contributed by atoms with Gasteiger partial charge in [-0.05, 0) is 87.1 Å². The molecule has 0 radical (unpaired) electrons. The van der Waals surface area contributed by atoms with Gasteiger partial charge in [-0.15, -0.1) is 0 Å². The van der Waals surface area contributed by atoms with Crippen LogP contribution in [0.5, 0.6) is 5.75 Å². The second-order valence-electron chi connectivity index (χ2n) is 20.2. The molecule has 3 aromatic rings. The van der Waals surface area contributed by atoms with E-state index >= 15 is 9.59 Å². The third kappa shape index (κ3) is 6.32. The fourth-order valence-electron chi connectivity index (χ4n) is 14.2. The van der Waals surface area contributed by atoms with Crippen LogP contribution in [0.25, 0.3) is 10.9 Å². The number of piperidine rings is 1. The third-order valence-corrected chi connectivity index (χ3v) is 17.2. The predicted octanol–water partition coefficient (Wildman–Crippen LogP) is 4.34. The van der Waals surface area contributed by atoms with Gasteiger partial charge in [0.2, 0.25) is 0 Å². The van der Waals surface area contributed by atoms with Crippen LogP contribution in [0.15, 0.2) is 48.6 Å². The molecule has 2 aromatic carbocycles. The standard InChI is InChI=1S/C51H69N5O9/c1-9-30(5)39(41(57)65-12-4)53-45(59)51(62)43-49(20-23-56-21-15-19-48(11-3,42(49)56)44(51)58)34-24-35(38(63-7)25-37(34)54(43)6)50(46(60)64-8)27-31-26-47(61,10-2)29-55(28-31)22-18-33-32-16-13-14-17-36(32)52-40(33)50/h13-17,19,24-25,30-31,39,42-44,52,58,61-62H,9-12,18,20-23,26-29H2,1-8H3,(H,53,59)/t30-,31+,39-,42+,43-,44-,47-,48-,49+,50-,51-/m0/s1. The summed E-state index contributed by atoms with van der Waals surface area (Å²) in [6.45, 7) is 12.8. The highest BCUT2D eigenvalue weighted by atomic mass is 16.5. The van der Waals surface area contributed by atoms with Gasteiger partial charge in [-0.1, -0.05) is 64.5 Å². The van der Waals surface area contributed by atoms with E-state index in [0.29, 0.717) is 94.7 Å². The van der Waals surface area contributed by atoms with Crippen molar-refractivity contribution < 1.29 is 43.9 Å². The SMILES string of the molecule is CCOC(=O)[C@@H](NC(=O)[C@]1(O)[C@H]2N(C)c3cc(OC)c([C@@]4(C(=O)OC)C[C@@H]5CN(CCc6c4[nH]c4ccccc64)C[C@](O)(CC)C5)cc3[C@@]23CCN2CC=C[C@@](CC)([C@@H]23)[C@@H]1O)[C@@H](C)CC. The Morgan fingerprint density at radius 3 is 2.46 bits per heavy atom. The number of fused-ring (bicyclic) bond motifs is 6. The summed E-state index contributed by atoms with van der Waals surface area (Å²) in [6, 6.07) is 9.73. The Bertz CT molecular complexity index is 2400. The summed E-state index contributed by atoms with van der Waals surface area (Å²) in [5.74, 6) is -1.89. The number of aromatic amines is 1. The van der Waals surface area contributed by atoms with Crippen LogP contribution in [0.1, 0.15) is 95.5 Å². The number of para-hydroxylation sites is 1. The first-order valence-electron chi connectivity index (χ1n) is 24.0. The number of nitrogens with one attached hydrogen (secondary N) is 2. The number of aliphatic hydroxyl groups is 3. The Labute approximate surface area is 382 Å². The van der Waals surface area contributed by atoms with Gasteiger partial charge in [0.1, 0.15) is 23.3 Å². The van der Waals surface area contributed by atoms with Crippen molar-refractivity contribution in [3.63, 3.8) is 0 Å². The zero-order valence-corrected chi connectivity index (χ0v) is 39.4. The molecule has 1 spiro atoms. The predicted molar refractivity (Wildman–Crippen MR) is 247 cm³/mol. The van der Waals surface area contributed by atoms with Crippen molar-refractivity contribution in [1.29, 1.82) is 0 Å². The lowest BCUT2D eigenvalue weighted by atomic mass is 9.47. The molecule has 6 aliphatic rings. The number of carbonyl (C=O) groups excluding carboxylic acids is 3. The van der Waals surface area contributed by atoms with E-state index in [1.807, 2.05) is 76.1 Å². The Kier molecular flexibility index (Phi) is 11.5. The van der Waals surface area contributed by atoms with Crippen LogP contribution in [-0.4, -0.2) is 144 Å². The second kappa shape index (κ2) is 16.4. The number of benzene rings is 2. The Balaban J connectivity index is 1.31. The summed E-state index contributed by atoms with van der Waals surface area (Å²) in [7, 11) is 4.88. The number of aromatic nitrogens is 1. The molecule has 5 aliphatic heterocycles. The van der Waals surface area contributed by atoms with E-state index in [-0.39, 0.29) is 24.5 Å². The summed E-state index contributed by atoms with van der Waals surface area (Å²) in [5, 5.41) is 42.6. The zero-order chi connectivity index (χ0) is 46.4. The van der Waals surface area contributed by atoms with Gasteiger partial charge in [-0.25, -0.2) is 4.79 Å². The number of hydrogen-bond acceptors (Lipinski definition) is 12. The minimum atomic E-state index is -2.44. The number of rotatable bonds is 11. The van der Waals surface area contributed by atoms with Crippen molar-refractivity contribution in [3.05, 3.63) is 70.9 Å². The van der Waals surface area contributed by atoms with Crippen LogP contribution in [0.2, 0.25) is 0 Å². The molecule has 3 fully saturated rings. The summed E-state index contributed by atoms with van der Waals surface area (Å²) in [6.07, 6.45) is 5.98. The number of nitrogens with zero attached hydrogens (tertiary/aromatic N) is 3. The largest absolute Gasteiger partial charge is 0.496 e. The monoisotopic (exact) mass is 896 g/mol. The van der Waals surface area contributed by atoms with E-state index in [9.17, 15) is 20.1 Å². The quantitative estimate of drug-likeness (QED) is 0.136. The van der Waals surface area contributed by atoms with E-state index in [1.54, 1.807) is 14.0 Å².